The minimum absolute atomic E-state index is 0.0650. The molecule has 3 aromatic rings. The first-order chi connectivity index (χ1) is 13.0. The van der Waals surface area contributed by atoms with Crippen LogP contribution >= 0.6 is 22.7 Å². The highest BCUT2D eigenvalue weighted by atomic mass is 32.1. The van der Waals surface area contributed by atoms with Crippen molar-refractivity contribution in [1.82, 2.24) is 25.7 Å². The Morgan fingerprint density at radius 1 is 1.07 bits per heavy atom. The molecule has 2 heterocycles. The lowest BCUT2D eigenvalue weighted by atomic mass is 10.1. The SMILES string of the molecule is Cc1nnc(NC(=O)c2nnc(CCC(=O)NC(C)c3ccccc3)s2)s1. The summed E-state index contributed by atoms with van der Waals surface area (Å²) in [4.78, 5) is 24.3. The molecule has 140 valence electrons. The molecule has 1 unspecified atom stereocenters. The fourth-order valence-electron chi connectivity index (χ4n) is 2.30. The summed E-state index contributed by atoms with van der Waals surface area (Å²) in [5.41, 5.74) is 1.05. The Labute approximate surface area is 164 Å². The van der Waals surface area contributed by atoms with Crippen LogP contribution in [-0.2, 0) is 11.2 Å². The molecule has 0 bridgehead atoms. The van der Waals surface area contributed by atoms with Crippen LogP contribution in [0.4, 0.5) is 5.13 Å². The summed E-state index contributed by atoms with van der Waals surface area (Å²) in [5, 5.41) is 23.2. The molecule has 0 aliphatic carbocycles. The molecule has 0 aliphatic heterocycles. The van der Waals surface area contributed by atoms with E-state index in [9.17, 15) is 9.59 Å². The van der Waals surface area contributed by atoms with Crippen LogP contribution in [0.5, 0.6) is 0 Å². The van der Waals surface area contributed by atoms with Crippen molar-refractivity contribution in [1.29, 1.82) is 0 Å². The van der Waals surface area contributed by atoms with E-state index >= 15 is 0 Å². The van der Waals surface area contributed by atoms with Gasteiger partial charge in [-0.05, 0) is 19.4 Å². The molecule has 2 N–H and O–H groups in total. The lowest BCUT2D eigenvalue weighted by molar-refractivity contribution is -0.121. The maximum absolute atomic E-state index is 12.1. The van der Waals surface area contributed by atoms with Crippen LogP contribution in [0.1, 0.15) is 44.8 Å². The van der Waals surface area contributed by atoms with Crippen LogP contribution in [-0.4, -0.2) is 32.2 Å². The zero-order chi connectivity index (χ0) is 19.2. The van der Waals surface area contributed by atoms with Crippen molar-refractivity contribution < 1.29 is 9.59 Å². The highest BCUT2D eigenvalue weighted by molar-refractivity contribution is 7.15. The summed E-state index contributed by atoms with van der Waals surface area (Å²) in [6.07, 6.45) is 0.708. The number of nitrogens with zero attached hydrogens (tertiary/aromatic N) is 4. The van der Waals surface area contributed by atoms with Crippen molar-refractivity contribution in [3.63, 3.8) is 0 Å². The van der Waals surface area contributed by atoms with Gasteiger partial charge in [0.2, 0.25) is 16.0 Å². The van der Waals surface area contributed by atoms with Gasteiger partial charge in [0.15, 0.2) is 0 Å². The second-order valence-corrected chi connectivity index (χ2v) is 8.02. The Morgan fingerprint density at radius 2 is 1.85 bits per heavy atom. The maximum Gasteiger partial charge on any atom is 0.288 e. The number of amides is 2. The summed E-state index contributed by atoms with van der Waals surface area (Å²) < 4.78 is 0. The van der Waals surface area contributed by atoms with E-state index in [0.717, 1.165) is 10.6 Å². The van der Waals surface area contributed by atoms with E-state index in [-0.39, 0.29) is 29.3 Å². The van der Waals surface area contributed by atoms with E-state index in [1.54, 1.807) is 6.92 Å². The van der Waals surface area contributed by atoms with Gasteiger partial charge in [0.05, 0.1) is 6.04 Å². The fourth-order valence-corrected chi connectivity index (χ4v) is 3.62. The highest BCUT2D eigenvalue weighted by Gasteiger charge is 2.16. The second-order valence-electron chi connectivity index (χ2n) is 5.78. The number of carbonyl (C=O) groups excluding carboxylic acids is 2. The number of aryl methyl sites for hydroxylation is 2. The van der Waals surface area contributed by atoms with E-state index in [4.69, 9.17) is 0 Å². The molecule has 3 rings (SSSR count). The largest absolute Gasteiger partial charge is 0.350 e. The summed E-state index contributed by atoms with van der Waals surface area (Å²) in [7, 11) is 0. The number of nitrogens with one attached hydrogen (secondary N) is 2. The predicted molar refractivity (Wildman–Crippen MR) is 104 cm³/mol. The summed E-state index contributed by atoms with van der Waals surface area (Å²) >= 11 is 2.45. The maximum atomic E-state index is 12.1. The van der Waals surface area contributed by atoms with Gasteiger partial charge in [-0.25, -0.2) is 0 Å². The smallest absolute Gasteiger partial charge is 0.288 e. The van der Waals surface area contributed by atoms with Crippen molar-refractivity contribution in [3.05, 3.63) is 50.9 Å². The summed E-state index contributed by atoms with van der Waals surface area (Å²) in [6, 6.07) is 9.70. The third-order valence-corrected chi connectivity index (χ3v) is 5.39. The summed E-state index contributed by atoms with van der Waals surface area (Å²) in [5.74, 6) is -0.450. The second kappa shape index (κ2) is 8.78. The lowest BCUT2D eigenvalue weighted by Crippen LogP contribution is -2.26. The number of hydrogen-bond acceptors (Lipinski definition) is 8. The molecule has 0 radical (unpaired) electrons. The lowest BCUT2D eigenvalue weighted by Gasteiger charge is -2.13. The quantitative estimate of drug-likeness (QED) is 0.629. The minimum Gasteiger partial charge on any atom is -0.350 e. The standard InChI is InChI=1S/C17H18N6O2S2/c1-10(12-6-4-3-5-7-12)18-13(24)8-9-14-21-22-16(27-14)15(25)19-17-23-20-11(2)26-17/h3-7,10H,8-9H2,1-2H3,(H,18,24)(H,19,23,25). The Kier molecular flexibility index (Phi) is 6.20. The number of rotatable bonds is 7. The van der Waals surface area contributed by atoms with Crippen LogP contribution in [0, 0.1) is 6.92 Å². The van der Waals surface area contributed by atoms with Crippen LogP contribution in [0.25, 0.3) is 0 Å². The number of carbonyl (C=O) groups is 2. The van der Waals surface area contributed by atoms with Gasteiger partial charge < -0.3 is 5.32 Å². The monoisotopic (exact) mass is 402 g/mol. The molecule has 2 aromatic heterocycles. The van der Waals surface area contributed by atoms with E-state index < -0.39 is 0 Å². The number of aromatic nitrogens is 4. The molecule has 27 heavy (non-hydrogen) atoms. The van der Waals surface area contributed by atoms with Crippen LogP contribution in [0.2, 0.25) is 0 Å². The Morgan fingerprint density at radius 3 is 2.56 bits per heavy atom. The molecule has 10 heteroatoms. The molecule has 2 amide bonds. The average Bonchev–Trinajstić information content (AvgIpc) is 3.30. The minimum atomic E-state index is -0.378. The molecule has 1 aromatic carbocycles. The van der Waals surface area contributed by atoms with Crippen molar-refractivity contribution in [2.24, 2.45) is 0 Å². The van der Waals surface area contributed by atoms with Gasteiger partial charge in [-0.3, -0.25) is 14.9 Å². The molecule has 0 saturated heterocycles. The predicted octanol–water partition coefficient (Wildman–Crippen LogP) is 2.76. The zero-order valence-electron chi connectivity index (χ0n) is 14.8. The first kappa shape index (κ1) is 19.1. The Bertz CT molecular complexity index is 924. The Balaban J connectivity index is 1.49. The normalized spacial score (nSPS) is 11.8. The van der Waals surface area contributed by atoms with Gasteiger partial charge in [-0.15, -0.1) is 20.4 Å². The third-order valence-electron chi connectivity index (χ3n) is 3.65. The zero-order valence-corrected chi connectivity index (χ0v) is 16.4. The van der Waals surface area contributed by atoms with Crippen molar-refractivity contribution in [2.45, 2.75) is 32.7 Å². The first-order valence-electron chi connectivity index (χ1n) is 8.29. The number of benzene rings is 1. The van der Waals surface area contributed by atoms with Gasteiger partial charge in [0.1, 0.15) is 10.0 Å². The Hall–Kier alpha value is -2.72. The fraction of sp³-hybridized carbons (Fsp3) is 0.294. The van der Waals surface area contributed by atoms with Gasteiger partial charge >= 0.3 is 0 Å². The van der Waals surface area contributed by atoms with Crippen molar-refractivity contribution >= 4 is 39.6 Å². The molecule has 0 spiro atoms. The molecule has 1 atom stereocenters. The first-order valence-corrected chi connectivity index (χ1v) is 9.92. The van der Waals surface area contributed by atoms with Gasteiger partial charge in [0.25, 0.3) is 5.91 Å². The summed E-state index contributed by atoms with van der Waals surface area (Å²) in [6.45, 7) is 3.75. The molecule has 0 aliphatic rings. The number of hydrogen-bond donors (Lipinski definition) is 2. The van der Waals surface area contributed by atoms with Gasteiger partial charge in [-0.1, -0.05) is 53.0 Å². The van der Waals surface area contributed by atoms with Gasteiger partial charge in [0, 0.05) is 12.8 Å². The van der Waals surface area contributed by atoms with Crippen LogP contribution < -0.4 is 10.6 Å². The van der Waals surface area contributed by atoms with E-state index in [1.165, 1.54) is 22.7 Å². The molecular weight excluding hydrogens is 384 g/mol. The molecule has 8 nitrogen and oxygen atoms in total. The number of anilines is 1. The van der Waals surface area contributed by atoms with E-state index in [0.29, 0.717) is 16.6 Å². The van der Waals surface area contributed by atoms with Gasteiger partial charge in [-0.2, -0.15) is 0 Å². The third kappa shape index (κ3) is 5.38. The molecular formula is C17H18N6O2S2. The van der Waals surface area contributed by atoms with E-state index in [2.05, 4.69) is 31.0 Å². The van der Waals surface area contributed by atoms with Crippen molar-refractivity contribution in [2.75, 3.05) is 5.32 Å². The van der Waals surface area contributed by atoms with E-state index in [1.807, 2.05) is 37.3 Å². The highest BCUT2D eigenvalue weighted by Crippen LogP contribution is 2.17. The van der Waals surface area contributed by atoms with Crippen molar-refractivity contribution in [3.8, 4) is 0 Å². The molecule has 0 saturated carbocycles. The van der Waals surface area contributed by atoms with Crippen LogP contribution in [0.15, 0.2) is 30.3 Å². The molecule has 0 fully saturated rings. The topological polar surface area (TPSA) is 110 Å². The average molecular weight is 403 g/mol. The van der Waals surface area contributed by atoms with Crippen LogP contribution in [0.3, 0.4) is 0 Å².